The summed E-state index contributed by atoms with van der Waals surface area (Å²) in [6.45, 7) is 3.65. The van der Waals surface area contributed by atoms with E-state index >= 15 is 0 Å². The fourth-order valence-corrected chi connectivity index (χ4v) is 4.81. The van der Waals surface area contributed by atoms with Crippen molar-refractivity contribution in [1.82, 2.24) is 0 Å². The van der Waals surface area contributed by atoms with Gasteiger partial charge >= 0.3 is 51.4 Å². The van der Waals surface area contributed by atoms with Crippen LogP contribution in [0, 0.1) is 0 Å². The van der Waals surface area contributed by atoms with Crippen LogP contribution in [0.25, 0.3) is 0 Å². The Kier molecular flexibility index (Phi) is 25.6. The average molecular weight is 459 g/mol. The van der Waals surface area contributed by atoms with Crippen LogP contribution in [0.3, 0.4) is 0 Å². The third-order valence-electron chi connectivity index (χ3n) is 5.75. The molecular weight excluding hydrogens is 411 g/mol. The Hall–Kier alpha value is 1.51. The van der Waals surface area contributed by atoms with Crippen LogP contribution in [0.2, 0.25) is 0 Å². The minimum atomic E-state index is -4.39. The van der Waals surface area contributed by atoms with Gasteiger partial charge in [0.05, 0.1) is 11.4 Å². The van der Waals surface area contributed by atoms with Crippen LogP contribution < -0.4 is 51.4 Å². The average Bonchev–Trinajstić information content (AvgIpc) is 2.62. The molecule has 0 aromatic carbocycles. The summed E-state index contributed by atoms with van der Waals surface area (Å²) in [5.41, 5.74) is 0. The summed E-state index contributed by atoms with van der Waals surface area (Å²) in [5.74, 6) is 0. The Balaban J connectivity index is 0. The first-order valence-electron chi connectivity index (χ1n) is 12.0. The molecule has 0 aliphatic carbocycles. The van der Waals surface area contributed by atoms with Gasteiger partial charge in [0.1, 0.15) is 10.1 Å². The molecule has 0 aliphatic heterocycles. The Morgan fingerprint density at radius 1 is 0.655 bits per heavy atom. The fraction of sp³-hybridized carbons (Fsp3) is 1.00. The molecule has 0 aromatic heterocycles. The Morgan fingerprint density at radius 3 is 1.17 bits per heavy atom. The van der Waals surface area contributed by atoms with Gasteiger partial charge in [-0.05, 0) is 13.3 Å². The summed E-state index contributed by atoms with van der Waals surface area (Å²) in [7, 11) is -4.39. The van der Waals surface area contributed by atoms with Crippen LogP contribution in [-0.4, -0.2) is 29.4 Å². The van der Waals surface area contributed by atoms with Crippen LogP contribution >= 0.6 is 0 Å². The molecule has 2 unspecified atom stereocenters. The second-order valence-corrected chi connectivity index (χ2v) is 10.2. The number of hydrogen-bond acceptors (Lipinski definition) is 4. The first-order valence-corrected chi connectivity index (χ1v) is 13.5. The van der Waals surface area contributed by atoms with Crippen LogP contribution in [-0.2, 0) is 10.1 Å². The van der Waals surface area contributed by atoms with E-state index in [2.05, 4.69) is 6.92 Å². The van der Waals surface area contributed by atoms with E-state index in [1.54, 1.807) is 0 Å². The first kappa shape index (κ1) is 32.7. The molecule has 0 aliphatic rings. The van der Waals surface area contributed by atoms with Crippen molar-refractivity contribution in [3.05, 3.63) is 0 Å². The zero-order valence-corrected chi connectivity index (χ0v) is 23.6. The van der Waals surface area contributed by atoms with Crippen molar-refractivity contribution < 1.29 is 69.5 Å². The molecule has 0 aromatic rings. The molecule has 0 heterocycles. The molecule has 6 heteroatoms. The molecule has 0 saturated heterocycles. The van der Waals surface area contributed by atoms with E-state index in [9.17, 15) is 18.1 Å². The monoisotopic (exact) mass is 458 g/mol. The SMILES string of the molecule is CCCCCCCCCCCCCCCCCCCCC(C(C)O)S(=O)(=O)[O-].[K+]. The summed E-state index contributed by atoms with van der Waals surface area (Å²) in [6, 6.07) is 0. The minimum Gasteiger partial charge on any atom is -0.748 e. The van der Waals surface area contributed by atoms with Crippen molar-refractivity contribution in [2.45, 2.75) is 147 Å². The maximum Gasteiger partial charge on any atom is 1.00 e. The van der Waals surface area contributed by atoms with Crippen LogP contribution in [0.15, 0.2) is 0 Å². The number of aliphatic hydroxyl groups is 1. The molecule has 0 bridgehead atoms. The molecule has 0 radical (unpaired) electrons. The van der Waals surface area contributed by atoms with E-state index < -0.39 is 21.5 Å². The van der Waals surface area contributed by atoms with Crippen molar-refractivity contribution in [2.24, 2.45) is 0 Å². The van der Waals surface area contributed by atoms with E-state index in [4.69, 9.17) is 0 Å². The maximum atomic E-state index is 11.1. The van der Waals surface area contributed by atoms with E-state index in [1.165, 1.54) is 103 Å². The molecule has 4 nitrogen and oxygen atoms in total. The Labute approximate surface area is 224 Å². The zero-order valence-electron chi connectivity index (χ0n) is 19.7. The van der Waals surface area contributed by atoms with Gasteiger partial charge < -0.3 is 9.66 Å². The summed E-state index contributed by atoms with van der Waals surface area (Å²) < 4.78 is 33.2. The van der Waals surface area contributed by atoms with E-state index in [0.29, 0.717) is 6.42 Å². The second kappa shape index (κ2) is 22.7. The third kappa shape index (κ3) is 22.5. The van der Waals surface area contributed by atoms with Gasteiger partial charge in [-0.2, -0.15) is 0 Å². The van der Waals surface area contributed by atoms with E-state index in [1.807, 2.05) is 0 Å². The molecule has 0 amide bonds. The van der Waals surface area contributed by atoms with Crippen molar-refractivity contribution >= 4 is 10.1 Å². The van der Waals surface area contributed by atoms with Gasteiger partial charge in [-0.1, -0.05) is 122 Å². The van der Waals surface area contributed by atoms with Gasteiger partial charge in [-0.15, -0.1) is 0 Å². The maximum absolute atomic E-state index is 11.1. The van der Waals surface area contributed by atoms with Gasteiger partial charge in [0.2, 0.25) is 0 Å². The third-order valence-corrected chi connectivity index (χ3v) is 7.12. The van der Waals surface area contributed by atoms with Gasteiger partial charge in [0, 0.05) is 0 Å². The molecule has 170 valence electrons. The van der Waals surface area contributed by atoms with E-state index in [-0.39, 0.29) is 57.8 Å². The molecule has 0 rings (SSSR count). The van der Waals surface area contributed by atoms with Crippen LogP contribution in [0.1, 0.15) is 136 Å². The largest absolute Gasteiger partial charge is 1.00 e. The smallest absolute Gasteiger partial charge is 0.748 e. The minimum absolute atomic E-state index is 0. The predicted molar refractivity (Wildman–Crippen MR) is 119 cm³/mol. The summed E-state index contributed by atoms with van der Waals surface area (Å²) in [6.07, 6.45) is 22.3. The number of rotatable bonds is 21. The normalized spacial score (nSPS) is 13.8. The molecule has 0 spiro atoms. The summed E-state index contributed by atoms with van der Waals surface area (Å²) >= 11 is 0. The van der Waals surface area contributed by atoms with Crippen molar-refractivity contribution in [3.8, 4) is 0 Å². The van der Waals surface area contributed by atoms with Crippen LogP contribution in [0.5, 0.6) is 0 Å². The standard InChI is InChI=1S/C23H48O4S.K/c1-3-4-5-6-7-8-9-10-11-12-13-14-15-16-17-18-19-20-21-23(22(2)24)28(25,26)27;/h22-24H,3-21H2,1-2H3,(H,25,26,27);/q;+1/p-1. The quantitative estimate of drug-likeness (QED) is 0.162. The fourth-order valence-electron chi connectivity index (χ4n) is 3.87. The predicted octanol–water partition coefficient (Wildman–Crippen LogP) is 3.72. The zero-order chi connectivity index (χ0) is 21.1. The molecule has 0 saturated carbocycles. The summed E-state index contributed by atoms with van der Waals surface area (Å²) in [4.78, 5) is 0. The van der Waals surface area contributed by atoms with Crippen LogP contribution in [0.4, 0.5) is 0 Å². The molecule has 29 heavy (non-hydrogen) atoms. The van der Waals surface area contributed by atoms with Crippen molar-refractivity contribution in [1.29, 1.82) is 0 Å². The Bertz CT molecular complexity index is 427. The number of aliphatic hydroxyl groups excluding tert-OH is 1. The topological polar surface area (TPSA) is 77.4 Å². The number of hydrogen-bond donors (Lipinski definition) is 1. The van der Waals surface area contributed by atoms with Crippen molar-refractivity contribution in [3.63, 3.8) is 0 Å². The molecular formula is C23H47KO4S. The summed E-state index contributed by atoms with van der Waals surface area (Å²) in [5, 5.41) is 8.27. The molecule has 2 atom stereocenters. The van der Waals surface area contributed by atoms with Gasteiger partial charge in [-0.3, -0.25) is 0 Å². The van der Waals surface area contributed by atoms with Crippen molar-refractivity contribution in [2.75, 3.05) is 0 Å². The first-order chi connectivity index (χ1) is 13.4. The van der Waals surface area contributed by atoms with E-state index in [0.717, 1.165) is 12.8 Å². The molecule has 0 fully saturated rings. The van der Waals surface area contributed by atoms with Gasteiger partial charge in [-0.25, -0.2) is 8.42 Å². The molecule has 1 N–H and O–H groups in total. The Morgan fingerprint density at radius 2 is 0.931 bits per heavy atom. The van der Waals surface area contributed by atoms with Gasteiger partial charge in [0.25, 0.3) is 0 Å². The second-order valence-electron chi connectivity index (χ2n) is 8.57. The van der Waals surface area contributed by atoms with Gasteiger partial charge in [0.15, 0.2) is 0 Å². The number of unbranched alkanes of at least 4 members (excludes halogenated alkanes) is 17.